The summed E-state index contributed by atoms with van der Waals surface area (Å²) in [6.45, 7) is 7.64. The number of amides is 1. The predicted octanol–water partition coefficient (Wildman–Crippen LogP) is 3.10. The molecule has 0 bridgehead atoms. The van der Waals surface area contributed by atoms with E-state index in [1.807, 2.05) is 32.9 Å². The standard InChI is InChI=1S/C22H30N4O5/c1-22(2,3)25-21(27)15-31-19-10-5-16(13-20(19)30-4)14-23-11-12-24-17-6-8-18(9-7-17)26(28)29/h5-10,13,23-24H,11-12,14-15H2,1-4H3,(H,25,27). The Bertz CT molecular complexity index is 878. The van der Waals surface area contributed by atoms with Gasteiger partial charge in [0.1, 0.15) is 0 Å². The number of ether oxygens (including phenoxy) is 2. The molecule has 0 heterocycles. The molecule has 9 nitrogen and oxygen atoms in total. The molecule has 0 spiro atoms. The highest BCUT2D eigenvalue weighted by atomic mass is 16.6. The van der Waals surface area contributed by atoms with E-state index in [9.17, 15) is 14.9 Å². The van der Waals surface area contributed by atoms with Crippen molar-refractivity contribution in [1.29, 1.82) is 0 Å². The third-order valence-electron chi connectivity index (χ3n) is 4.14. The second-order valence-electron chi connectivity index (χ2n) is 7.98. The Hall–Kier alpha value is -3.33. The maximum Gasteiger partial charge on any atom is 0.269 e. The van der Waals surface area contributed by atoms with Crippen molar-refractivity contribution in [3.8, 4) is 11.5 Å². The molecule has 2 aromatic rings. The number of methoxy groups -OCH3 is 1. The number of carbonyl (C=O) groups excluding carboxylic acids is 1. The van der Waals surface area contributed by atoms with Crippen molar-refractivity contribution in [1.82, 2.24) is 10.6 Å². The Balaban J connectivity index is 1.76. The van der Waals surface area contributed by atoms with Gasteiger partial charge in [-0.05, 0) is 50.6 Å². The summed E-state index contributed by atoms with van der Waals surface area (Å²) in [6, 6.07) is 11.9. The summed E-state index contributed by atoms with van der Waals surface area (Å²) in [4.78, 5) is 22.2. The minimum absolute atomic E-state index is 0.0693. The lowest BCUT2D eigenvalue weighted by molar-refractivity contribution is -0.384. The number of anilines is 1. The van der Waals surface area contributed by atoms with Crippen molar-refractivity contribution in [3.05, 3.63) is 58.1 Å². The lowest BCUT2D eigenvalue weighted by atomic mass is 10.1. The van der Waals surface area contributed by atoms with Crippen LogP contribution in [0.15, 0.2) is 42.5 Å². The maximum absolute atomic E-state index is 11.9. The van der Waals surface area contributed by atoms with Gasteiger partial charge >= 0.3 is 0 Å². The van der Waals surface area contributed by atoms with E-state index in [-0.39, 0.29) is 23.7 Å². The minimum atomic E-state index is -0.420. The minimum Gasteiger partial charge on any atom is -0.493 e. The van der Waals surface area contributed by atoms with Crippen molar-refractivity contribution in [2.75, 3.05) is 32.1 Å². The lowest BCUT2D eigenvalue weighted by Gasteiger charge is -2.20. The second kappa shape index (κ2) is 11.2. The normalized spacial score (nSPS) is 11.0. The molecule has 2 rings (SSSR count). The molecule has 0 atom stereocenters. The fourth-order valence-electron chi connectivity index (χ4n) is 2.77. The summed E-state index contributed by atoms with van der Waals surface area (Å²) >= 11 is 0. The van der Waals surface area contributed by atoms with Gasteiger partial charge in [-0.2, -0.15) is 0 Å². The fraction of sp³-hybridized carbons (Fsp3) is 0.409. The molecule has 0 radical (unpaired) electrons. The van der Waals surface area contributed by atoms with Crippen molar-refractivity contribution in [2.24, 2.45) is 0 Å². The average molecular weight is 431 g/mol. The van der Waals surface area contributed by atoms with Gasteiger partial charge in [0.05, 0.1) is 12.0 Å². The molecule has 0 fully saturated rings. The number of rotatable bonds is 11. The van der Waals surface area contributed by atoms with E-state index < -0.39 is 4.92 Å². The summed E-state index contributed by atoms with van der Waals surface area (Å²) in [6.07, 6.45) is 0. The van der Waals surface area contributed by atoms with Crippen molar-refractivity contribution >= 4 is 17.3 Å². The summed E-state index contributed by atoms with van der Waals surface area (Å²) in [5.74, 6) is 0.878. The van der Waals surface area contributed by atoms with Crippen LogP contribution in [-0.2, 0) is 11.3 Å². The van der Waals surface area contributed by atoms with Gasteiger partial charge < -0.3 is 25.4 Å². The van der Waals surface area contributed by atoms with Crippen molar-refractivity contribution in [2.45, 2.75) is 32.9 Å². The number of nitrogens with zero attached hydrogens (tertiary/aromatic N) is 1. The van der Waals surface area contributed by atoms with Crippen LogP contribution >= 0.6 is 0 Å². The average Bonchev–Trinajstić information content (AvgIpc) is 2.71. The molecule has 2 aromatic carbocycles. The molecule has 0 aliphatic rings. The van der Waals surface area contributed by atoms with Gasteiger partial charge in [-0.3, -0.25) is 14.9 Å². The zero-order chi connectivity index (χ0) is 22.9. The Kier molecular flexibility index (Phi) is 8.63. The number of benzene rings is 2. The lowest BCUT2D eigenvalue weighted by Crippen LogP contribution is -2.43. The number of hydrogen-bond acceptors (Lipinski definition) is 7. The Labute approximate surface area is 182 Å². The van der Waals surface area contributed by atoms with Crippen molar-refractivity contribution < 1.29 is 19.2 Å². The van der Waals surface area contributed by atoms with Gasteiger partial charge in [0.2, 0.25) is 0 Å². The Morgan fingerprint density at radius 1 is 1.06 bits per heavy atom. The molecular formula is C22H30N4O5. The SMILES string of the molecule is COc1cc(CNCCNc2ccc([N+](=O)[O-])cc2)ccc1OCC(=O)NC(C)(C)C. The van der Waals surface area contributed by atoms with E-state index >= 15 is 0 Å². The van der Waals surface area contributed by atoms with Crippen LogP contribution < -0.4 is 25.4 Å². The molecule has 0 saturated carbocycles. The van der Waals surface area contributed by atoms with E-state index in [1.165, 1.54) is 12.1 Å². The Morgan fingerprint density at radius 3 is 2.39 bits per heavy atom. The van der Waals surface area contributed by atoms with Crippen LogP contribution in [0.2, 0.25) is 0 Å². The zero-order valence-electron chi connectivity index (χ0n) is 18.4. The third kappa shape index (κ3) is 8.51. The number of nitro groups is 1. The molecule has 31 heavy (non-hydrogen) atoms. The maximum atomic E-state index is 11.9. The van der Waals surface area contributed by atoms with Gasteiger partial charge in [0.25, 0.3) is 11.6 Å². The summed E-state index contributed by atoms with van der Waals surface area (Å²) in [5.41, 5.74) is 1.59. The van der Waals surface area contributed by atoms with Crippen LogP contribution in [0.3, 0.4) is 0 Å². The molecule has 1 amide bonds. The van der Waals surface area contributed by atoms with Crippen molar-refractivity contribution in [3.63, 3.8) is 0 Å². The van der Waals surface area contributed by atoms with Crippen LogP contribution in [-0.4, -0.2) is 43.2 Å². The van der Waals surface area contributed by atoms with E-state index in [1.54, 1.807) is 25.3 Å². The molecule has 9 heteroatoms. The second-order valence-corrected chi connectivity index (χ2v) is 7.98. The summed E-state index contributed by atoms with van der Waals surface area (Å²) in [5, 5.41) is 20.0. The molecule has 0 aliphatic heterocycles. The molecule has 0 unspecified atom stereocenters. The Morgan fingerprint density at radius 2 is 1.77 bits per heavy atom. The first-order valence-corrected chi connectivity index (χ1v) is 9.98. The fourth-order valence-corrected chi connectivity index (χ4v) is 2.77. The predicted molar refractivity (Wildman–Crippen MR) is 120 cm³/mol. The number of hydrogen-bond donors (Lipinski definition) is 3. The van der Waals surface area contributed by atoms with Crippen LogP contribution in [0.1, 0.15) is 26.3 Å². The third-order valence-corrected chi connectivity index (χ3v) is 4.14. The first-order valence-electron chi connectivity index (χ1n) is 9.98. The highest BCUT2D eigenvalue weighted by Crippen LogP contribution is 2.28. The van der Waals surface area contributed by atoms with Gasteiger partial charge in [-0.25, -0.2) is 0 Å². The van der Waals surface area contributed by atoms with Crippen LogP contribution in [0.5, 0.6) is 11.5 Å². The summed E-state index contributed by atoms with van der Waals surface area (Å²) in [7, 11) is 1.56. The van der Waals surface area contributed by atoms with Crippen LogP contribution in [0.4, 0.5) is 11.4 Å². The molecule has 0 saturated heterocycles. The van der Waals surface area contributed by atoms with E-state index in [0.29, 0.717) is 31.1 Å². The molecule has 0 aromatic heterocycles. The van der Waals surface area contributed by atoms with E-state index in [0.717, 1.165) is 11.3 Å². The van der Waals surface area contributed by atoms with E-state index in [4.69, 9.17) is 9.47 Å². The molecular weight excluding hydrogens is 400 g/mol. The first kappa shape index (κ1) is 23.9. The largest absolute Gasteiger partial charge is 0.493 e. The van der Waals surface area contributed by atoms with Gasteiger partial charge in [-0.1, -0.05) is 6.07 Å². The quantitative estimate of drug-likeness (QED) is 0.285. The molecule has 168 valence electrons. The number of nitrogens with one attached hydrogen (secondary N) is 3. The zero-order valence-corrected chi connectivity index (χ0v) is 18.4. The van der Waals surface area contributed by atoms with Crippen LogP contribution in [0, 0.1) is 10.1 Å². The monoisotopic (exact) mass is 430 g/mol. The summed E-state index contributed by atoms with van der Waals surface area (Å²) < 4.78 is 11.0. The number of nitro benzene ring substituents is 1. The highest BCUT2D eigenvalue weighted by molar-refractivity contribution is 5.78. The molecule has 3 N–H and O–H groups in total. The smallest absolute Gasteiger partial charge is 0.269 e. The number of non-ortho nitro benzene ring substituents is 1. The number of carbonyl (C=O) groups is 1. The van der Waals surface area contributed by atoms with Gasteiger partial charge in [-0.15, -0.1) is 0 Å². The van der Waals surface area contributed by atoms with Crippen LogP contribution in [0.25, 0.3) is 0 Å². The first-order chi connectivity index (χ1) is 14.7. The highest BCUT2D eigenvalue weighted by Gasteiger charge is 2.15. The molecule has 0 aliphatic carbocycles. The van der Waals surface area contributed by atoms with Gasteiger partial charge in [0.15, 0.2) is 18.1 Å². The van der Waals surface area contributed by atoms with Gasteiger partial charge in [0, 0.05) is 43.0 Å². The topological polar surface area (TPSA) is 115 Å². The van der Waals surface area contributed by atoms with E-state index in [2.05, 4.69) is 16.0 Å².